The summed E-state index contributed by atoms with van der Waals surface area (Å²) in [6, 6.07) is 9.33. The van der Waals surface area contributed by atoms with Gasteiger partial charge in [-0.15, -0.1) is 0 Å². The summed E-state index contributed by atoms with van der Waals surface area (Å²) in [5, 5.41) is 0.666. The molecule has 0 saturated carbocycles. The fourth-order valence-corrected chi connectivity index (χ4v) is 1.90. The Morgan fingerprint density at radius 3 is 2.78 bits per heavy atom. The molecule has 0 aliphatic heterocycles. The second kappa shape index (κ2) is 5.80. The van der Waals surface area contributed by atoms with E-state index >= 15 is 0 Å². The molecule has 0 radical (unpaired) electrons. The molecule has 0 spiro atoms. The Morgan fingerprint density at radius 2 is 2.11 bits per heavy atom. The molecule has 4 nitrogen and oxygen atoms in total. The Bertz CT molecular complexity index is 542. The molecule has 18 heavy (non-hydrogen) atoms. The van der Waals surface area contributed by atoms with Crippen molar-refractivity contribution in [3.63, 3.8) is 0 Å². The van der Waals surface area contributed by atoms with Crippen LogP contribution in [0.3, 0.4) is 0 Å². The van der Waals surface area contributed by atoms with Crippen LogP contribution in [0, 0.1) is 0 Å². The molecule has 2 aromatic rings. The van der Waals surface area contributed by atoms with Gasteiger partial charge in [-0.05, 0) is 18.6 Å². The molecule has 0 fully saturated rings. The molecule has 1 heterocycles. The highest BCUT2D eigenvalue weighted by Crippen LogP contribution is 2.21. The first-order chi connectivity index (χ1) is 8.72. The van der Waals surface area contributed by atoms with Crippen molar-refractivity contribution in [2.45, 2.75) is 19.8 Å². The number of hydrogen-bond acceptors (Lipinski definition) is 4. The van der Waals surface area contributed by atoms with Gasteiger partial charge in [-0.1, -0.05) is 37.1 Å². The van der Waals surface area contributed by atoms with Crippen molar-refractivity contribution in [1.29, 1.82) is 0 Å². The first-order valence-electron chi connectivity index (χ1n) is 5.83. The molecular weight excluding hydrogens is 248 g/mol. The number of rotatable bonds is 4. The Hall–Kier alpha value is -1.65. The number of halogens is 1. The van der Waals surface area contributed by atoms with Gasteiger partial charge in [-0.2, -0.15) is 0 Å². The van der Waals surface area contributed by atoms with Crippen LogP contribution in [0.5, 0.6) is 0 Å². The zero-order chi connectivity index (χ0) is 13.0. The van der Waals surface area contributed by atoms with E-state index in [-0.39, 0.29) is 0 Å². The number of benzene rings is 1. The van der Waals surface area contributed by atoms with Crippen molar-refractivity contribution in [3.05, 3.63) is 41.0 Å². The first-order valence-corrected chi connectivity index (χ1v) is 6.21. The van der Waals surface area contributed by atoms with Crippen molar-refractivity contribution < 1.29 is 0 Å². The van der Waals surface area contributed by atoms with Crippen LogP contribution >= 0.6 is 11.6 Å². The smallest absolute Gasteiger partial charge is 0.161 e. The minimum Gasteiger partial charge on any atom is -0.308 e. The van der Waals surface area contributed by atoms with Crippen molar-refractivity contribution in [1.82, 2.24) is 9.97 Å². The molecule has 0 unspecified atom stereocenters. The van der Waals surface area contributed by atoms with Gasteiger partial charge in [0.2, 0.25) is 0 Å². The predicted octanol–water partition coefficient (Wildman–Crippen LogP) is 3.04. The fraction of sp³-hybridized carbons (Fsp3) is 0.231. The fourth-order valence-electron chi connectivity index (χ4n) is 1.71. The van der Waals surface area contributed by atoms with Crippen LogP contribution in [0.1, 0.15) is 19.0 Å². The van der Waals surface area contributed by atoms with E-state index in [1.807, 2.05) is 30.3 Å². The van der Waals surface area contributed by atoms with Gasteiger partial charge in [0.25, 0.3) is 0 Å². The van der Waals surface area contributed by atoms with Gasteiger partial charge in [0.1, 0.15) is 5.82 Å². The summed E-state index contributed by atoms with van der Waals surface area (Å²) in [4.78, 5) is 8.86. The van der Waals surface area contributed by atoms with Crippen LogP contribution in [-0.2, 0) is 6.42 Å². The third-order valence-corrected chi connectivity index (χ3v) is 2.75. The monoisotopic (exact) mass is 262 g/mol. The largest absolute Gasteiger partial charge is 0.308 e. The van der Waals surface area contributed by atoms with Crippen molar-refractivity contribution >= 4 is 17.4 Å². The van der Waals surface area contributed by atoms with Crippen LogP contribution in [-0.4, -0.2) is 9.97 Å². The maximum Gasteiger partial charge on any atom is 0.161 e. The molecule has 0 saturated heterocycles. The van der Waals surface area contributed by atoms with E-state index in [2.05, 4.69) is 22.3 Å². The van der Waals surface area contributed by atoms with E-state index in [0.29, 0.717) is 16.7 Å². The maximum atomic E-state index is 5.97. The summed E-state index contributed by atoms with van der Waals surface area (Å²) in [5.74, 6) is 6.68. The van der Waals surface area contributed by atoms with Gasteiger partial charge in [-0.25, -0.2) is 15.8 Å². The molecule has 0 aliphatic rings. The summed E-state index contributed by atoms with van der Waals surface area (Å²) >= 11 is 5.97. The van der Waals surface area contributed by atoms with E-state index in [1.54, 1.807) is 0 Å². The highest BCUT2D eigenvalue weighted by atomic mass is 35.5. The summed E-state index contributed by atoms with van der Waals surface area (Å²) in [5.41, 5.74) is 4.42. The minimum absolute atomic E-state index is 0.614. The second-order valence-electron chi connectivity index (χ2n) is 3.97. The van der Waals surface area contributed by atoms with Crippen LogP contribution in [0.4, 0.5) is 5.82 Å². The lowest BCUT2D eigenvalue weighted by Crippen LogP contribution is -2.10. The van der Waals surface area contributed by atoms with Gasteiger partial charge in [0, 0.05) is 22.3 Å². The average molecular weight is 263 g/mol. The van der Waals surface area contributed by atoms with Crippen LogP contribution in [0.15, 0.2) is 30.3 Å². The average Bonchev–Trinajstić information content (AvgIpc) is 2.39. The molecule has 1 aromatic heterocycles. The number of nitrogens with two attached hydrogens (primary N) is 1. The maximum absolute atomic E-state index is 5.97. The molecule has 1 aromatic carbocycles. The molecule has 0 atom stereocenters. The third kappa shape index (κ3) is 2.97. The number of aryl methyl sites for hydroxylation is 1. The highest BCUT2D eigenvalue weighted by Gasteiger charge is 2.06. The minimum atomic E-state index is 0.614. The van der Waals surface area contributed by atoms with Crippen molar-refractivity contribution in [2.75, 3.05) is 5.43 Å². The van der Waals surface area contributed by atoms with E-state index < -0.39 is 0 Å². The lowest BCUT2D eigenvalue weighted by molar-refractivity contribution is 0.875. The van der Waals surface area contributed by atoms with E-state index in [0.717, 1.165) is 24.1 Å². The number of hydrazine groups is 1. The number of nitrogens with zero attached hydrogens (tertiary/aromatic N) is 2. The predicted molar refractivity (Wildman–Crippen MR) is 74.3 cm³/mol. The van der Waals surface area contributed by atoms with Gasteiger partial charge in [0.05, 0.1) is 0 Å². The van der Waals surface area contributed by atoms with Crippen LogP contribution in [0.2, 0.25) is 5.02 Å². The topological polar surface area (TPSA) is 63.8 Å². The lowest BCUT2D eigenvalue weighted by Gasteiger charge is -2.07. The van der Waals surface area contributed by atoms with Crippen molar-refractivity contribution in [3.8, 4) is 11.4 Å². The number of hydrogen-bond donors (Lipinski definition) is 2. The second-order valence-corrected chi connectivity index (χ2v) is 4.41. The zero-order valence-corrected chi connectivity index (χ0v) is 10.9. The number of nitrogens with one attached hydrogen (secondary N) is 1. The molecule has 3 N–H and O–H groups in total. The Kier molecular flexibility index (Phi) is 4.12. The lowest BCUT2D eigenvalue weighted by atomic mass is 10.2. The SMILES string of the molecule is CCCc1cc(NN)nc(-c2cccc(Cl)c2)n1. The van der Waals surface area contributed by atoms with Gasteiger partial charge in [-0.3, -0.25) is 0 Å². The van der Waals surface area contributed by atoms with E-state index in [1.165, 1.54) is 0 Å². The molecule has 0 amide bonds. The Balaban J connectivity index is 2.46. The van der Waals surface area contributed by atoms with Gasteiger partial charge in [0.15, 0.2) is 5.82 Å². The summed E-state index contributed by atoms with van der Waals surface area (Å²) in [6.45, 7) is 2.11. The molecule has 94 valence electrons. The number of nitrogen functional groups attached to an aromatic ring is 1. The quantitative estimate of drug-likeness (QED) is 0.657. The number of aromatic nitrogens is 2. The highest BCUT2D eigenvalue weighted by molar-refractivity contribution is 6.30. The van der Waals surface area contributed by atoms with E-state index in [9.17, 15) is 0 Å². The summed E-state index contributed by atoms with van der Waals surface area (Å²) in [6.07, 6.45) is 1.92. The molecule has 0 bridgehead atoms. The number of anilines is 1. The van der Waals surface area contributed by atoms with Gasteiger partial charge < -0.3 is 5.43 Å². The standard InChI is InChI=1S/C13H15ClN4/c1-2-4-11-8-12(18-15)17-13(16-11)9-5-3-6-10(14)7-9/h3,5-8H,2,4,15H2,1H3,(H,16,17,18). The molecule has 0 aliphatic carbocycles. The normalized spacial score (nSPS) is 10.4. The third-order valence-electron chi connectivity index (χ3n) is 2.52. The molecular formula is C13H15ClN4. The molecule has 2 rings (SSSR count). The Labute approximate surface area is 111 Å². The van der Waals surface area contributed by atoms with E-state index in [4.69, 9.17) is 17.4 Å². The molecule has 5 heteroatoms. The summed E-state index contributed by atoms with van der Waals surface area (Å²) in [7, 11) is 0. The van der Waals surface area contributed by atoms with Gasteiger partial charge >= 0.3 is 0 Å². The zero-order valence-electron chi connectivity index (χ0n) is 10.2. The van der Waals surface area contributed by atoms with Crippen LogP contribution in [0.25, 0.3) is 11.4 Å². The van der Waals surface area contributed by atoms with Crippen molar-refractivity contribution in [2.24, 2.45) is 5.84 Å². The first kappa shape index (κ1) is 12.8. The summed E-state index contributed by atoms with van der Waals surface area (Å²) < 4.78 is 0. The van der Waals surface area contributed by atoms with Crippen LogP contribution < -0.4 is 11.3 Å². The Morgan fingerprint density at radius 1 is 1.28 bits per heavy atom.